The van der Waals surface area contributed by atoms with Crippen LogP contribution in [0.2, 0.25) is 5.02 Å². The van der Waals surface area contributed by atoms with Crippen molar-refractivity contribution in [3.63, 3.8) is 0 Å². The molecular weight excluding hydrogens is 240 g/mol. The number of Topliss-reactive ketones (excluding diaryl/α,β-unsaturated/α-hetero) is 1. The molecule has 0 aliphatic rings. The van der Waals surface area contributed by atoms with Gasteiger partial charge in [-0.05, 0) is 13.3 Å². The minimum Gasteiger partial charge on any atom is -0.384 e. The molecule has 4 nitrogen and oxygen atoms in total. The second-order valence-electron chi connectivity index (χ2n) is 3.83. The highest BCUT2D eigenvalue weighted by Crippen LogP contribution is 2.22. The molecule has 0 radical (unpaired) electrons. The summed E-state index contributed by atoms with van der Waals surface area (Å²) in [6, 6.07) is 0. The molecule has 0 aromatic carbocycles. The number of carbonyl (C=O) groups excluding carboxylic acids is 1. The molecular formula is C12H19ClN2O2. The van der Waals surface area contributed by atoms with Crippen LogP contribution in [0.3, 0.4) is 0 Å². The molecule has 1 rings (SSSR count). The van der Waals surface area contributed by atoms with Crippen LogP contribution >= 0.6 is 11.6 Å². The maximum atomic E-state index is 11.7. The van der Waals surface area contributed by atoms with E-state index in [0.29, 0.717) is 24.5 Å². The molecule has 1 aromatic rings. The minimum atomic E-state index is 0.131. The fourth-order valence-corrected chi connectivity index (χ4v) is 2.01. The summed E-state index contributed by atoms with van der Waals surface area (Å²) in [4.78, 5) is 11.7. The summed E-state index contributed by atoms with van der Waals surface area (Å²) in [7, 11) is 1.59. The Morgan fingerprint density at radius 3 is 2.71 bits per heavy atom. The minimum absolute atomic E-state index is 0.131. The molecule has 0 amide bonds. The van der Waals surface area contributed by atoms with Crippen LogP contribution in [-0.4, -0.2) is 29.3 Å². The van der Waals surface area contributed by atoms with Crippen molar-refractivity contribution >= 4 is 17.4 Å². The van der Waals surface area contributed by atoms with Gasteiger partial charge in [-0.1, -0.05) is 18.5 Å². The van der Waals surface area contributed by atoms with E-state index < -0.39 is 0 Å². The Morgan fingerprint density at radius 1 is 1.47 bits per heavy atom. The lowest BCUT2D eigenvalue weighted by atomic mass is 10.1. The van der Waals surface area contributed by atoms with Crippen LogP contribution in [0, 0.1) is 0 Å². The van der Waals surface area contributed by atoms with Gasteiger partial charge in [0.15, 0.2) is 0 Å². The molecule has 0 atom stereocenters. The maximum absolute atomic E-state index is 11.7. The Morgan fingerprint density at radius 2 is 2.18 bits per heavy atom. The molecule has 0 N–H and O–H groups in total. The van der Waals surface area contributed by atoms with Crippen molar-refractivity contribution < 1.29 is 9.53 Å². The molecule has 96 valence electrons. The lowest BCUT2D eigenvalue weighted by Gasteiger charge is -2.04. The molecule has 1 heterocycles. The highest BCUT2D eigenvalue weighted by atomic mass is 35.5. The van der Waals surface area contributed by atoms with E-state index in [4.69, 9.17) is 16.3 Å². The molecule has 0 saturated carbocycles. The van der Waals surface area contributed by atoms with Crippen LogP contribution in [0.1, 0.15) is 31.7 Å². The van der Waals surface area contributed by atoms with Gasteiger partial charge in [-0.25, -0.2) is 0 Å². The third kappa shape index (κ3) is 3.54. The Kier molecular flexibility index (Phi) is 5.65. The van der Waals surface area contributed by atoms with Crippen LogP contribution < -0.4 is 0 Å². The number of aryl methyl sites for hydroxylation is 2. The first kappa shape index (κ1) is 14.2. The van der Waals surface area contributed by atoms with Gasteiger partial charge in [-0.15, -0.1) is 0 Å². The maximum Gasteiger partial charge on any atom is 0.141 e. The number of ether oxygens (including phenoxy) is 1. The Hall–Kier alpha value is -0.870. The molecule has 0 aliphatic heterocycles. The highest BCUT2D eigenvalue weighted by Gasteiger charge is 2.16. The van der Waals surface area contributed by atoms with E-state index in [9.17, 15) is 4.79 Å². The summed E-state index contributed by atoms with van der Waals surface area (Å²) < 4.78 is 6.70. The summed E-state index contributed by atoms with van der Waals surface area (Å²) in [5.41, 5.74) is 1.69. The first-order valence-corrected chi connectivity index (χ1v) is 6.26. The van der Waals surface area contributed by atoms with Gasteiger partial charge >= 0.3 is 0 Å². The SMILES string of the molecule is CCc1nn(CC)c(CC(=O)CCOC)c1Cl. The highest BCUT2D eigenvalue weighted by molar-refractivity contribution is 6.32. The zero-order chi connectivity index (χ0) is 12.8. The number of ketones is 1. The van der Waals surface area contributed by atoms with E-state index in [1.54, 1.807) is 7.11 Å². The number of nitrogens with zero attached hydrogens (tertiary/aromatic N) is 2. The molecule has 0 aliphatic carbocycles. The quantitative estimate of drug-likeness (QED) is 0.754. The zero-order valence-corrected chi connectivity index (χ0v) is 11.4. The third-order valence-electron chi connectivity index (χ3n) is 2.64. The summed E-state index contributed by atoms with van der Waals surface area (Å²) >= 11 is 6.22. The molecule has 0 unspecified atom stereocenters. The normalized spacial score (nSPS) is 10.8. The van der Waals surface area contributed by atoms with Gasteiger partial charge in [-0.3, -0.25) is 9.48 Å². The topological polar surface area (TPSA) is 44.1 Å². The standard InChI is InChI=1S/C12H19ClN2O2/c1-4-10-12(13)11(15(5-2)14-10)8-9(16)6-7-17-3/h4-8H2,1-3H3. The van der Waals surface area contributed by atoms with Crippen LogP contribution in [-0.2, 0) is 28.9 Å². The summed E-state index contributed by atoms with van der Waals surface area (Å²) in [6.07, 6.45) is 1.54. The largest absolute Gasteiger partial charge is 0.384 e. The first-order valence-electron chi connectivity index (χ1n) is 5.88. The Bertz CT molecular complexity index is 388. The molecule has 5 heteroatoms. The molecule has 0 spiro atoms. The summed E-state index contributed by atoms with van der Waals surface area (Å²) in [5, 5.41) is 5.02. The third-order valence-corrected chi connectivity index (χ3v) is 3.08. The molecule has 17 heavy (non-hydrogen) atoms. The fourth-order valence-electron chi connectivity index (χ4n) is 1.68. The second kappa shape index (κ2) is 6.77. The number of carbonyl (C=O) groups is 1. The van der Waals surface area contributed by atoms with Gasteiger partial charge < -0.3 is 4.74 Å². The van der Waals surface area contributed by atoms with Crippen molar-refractivity contribution in [2.45, 2.75) is 39.7 Å². The number of rotatable bonds is 7. The average molecular weight is 259 g/mol. The van der Waals surface area contributed by atoms with Gasteiger partial charge in [0.25, 0.3) is 0 Å². The van der Waals surface area contributed by atoms with Gasteiger partial charge in [-0.2, -0.15) is 5.10 Å². The lowest BCUT2D eigenvalue weighted by Crippen LogP contribution is -2.11. The van der Waals surface area contributed by atoms with E-state index in [2.05, 4.69) is 5.10 Å². The lowest BCUT2D eigenvalue weighted by molar-refractivity contribution is -0.119. The average Bonchev–Trinajstić information content (AvgIpc) is 2.63. The molecule has 0 bridgehead atoms. The predicted molar refractivity (Wildman–Crippen MR) is 67.5 cm³/mol. The van der Waals surface area contributed by atoms with E-state index in [0.717, 1.165) is 24.4 Å². The first-order chi connectivity index (χ1) is 8.13. The molecule has 1 aromatic heterocycles. The van der Waals surface area contributed by atoms with E-state index in [1.807, 2.05) is 18.5 Å². The van der Waals surface area contributed by atoms with E-state index in [1.165, 1.54) is 0 Å². The van der Waals surface area contributed by atoms with E-state index >= 15 is 0 Å². The van der Waals surface area contributed by atoms with Crippen LogP contribution in [0.4, 0.5) is 0 Å². The van der Waals surface area contributed by atoms with Crippen molar-refractivity contribution in [2.24, 2.45) is 0 Å². The number of halogens is 1. The van der Waals surface area contributed by atoms with Crippen LogP contribution in [0.5, 0.6) is 0 Å². The summed E-state index contributed by atoms with van der Waals surface area (Å²) in [6.45, 7) is 5.18. The van der Waals surface area contributed by atoms with Crippen LogP contribution in [0.15, 0.2) is 0 Å². The smallest absolute Gasteiger partial charge is 0.141 e. The zero-order valence-electron chi connectivity index (χ0n) is 10.6. The van der Waals surface area contributed by atoms with Gasteiger partial charge in [0.1, 0.15) is 5.78 Å². The second-order valence-corrected chi connectivity index (χ2v) is 4.21. The summed E-state index contributed by atoms with van der Waals surface area (Å²) in [5.74, 6) is 0.131. The van der Waals surface area contributed by atoms with Gasteiger partial charge in [0.2, 0.25) is 0 Å². The molecule has 0 fully saturated rings. The number of hydrogen-bond acceptors (Lipinski definition) is 3. The number of aromatic nitrogens is 2. The monoisotopic (exact) mass is 258 g/mol. The predicted octanol–water partition coefficient (Wildman–Crippen LogP) is 2.27. The van der Waals surface area contributed by atoms with Crippen molar-refractivity contribution in [1.82, 2.24) is 9.78 Å². The Labute approximate surface area is 107 Å². The van der Waals surface area contributed by atoms with Crippen molar-refractivity contribution in [3.8, 4) is 0 Å². The Balaban J connectivity index is 2.81. The van der Waals surface area contributed by atoms with Crippen molar-refractivity contribution in [1.29, 1.82) is 0 Å². The van der Waals surface area contributed by atoms with Gasteiger partial charge in [0, 0.05) is 26.5 Å². The number of hydrogen-bond donors (Lipinski definition) is 0. The molecule has 0 saturated heterocycles. The van der Waals surface area contributed by atoms with Gasteiger partial charge in [0.05, 0.1) is 23.0 Å². The van der Waals surface area contributed by atoms with E-state index in [-0.39, 0.29) is 5.78 Å². The van der Waals surface area contributed by atoms with Crippen molar-refractivity contribution in [3.05, 3.63) is 16.4 Å². The number of methoxy groups -OCH3 is 1. The fraction of sp³-hybridized carbons (Fsp3) is 0.667. The van der Waals surface area contributed by atoms with Crippen molar-refractivity contribution in [2.75, 3.05) is 13.7 Å². The van der Waals surface area contributed by atoms with Crippen LogP contribution in [0.25, 0.3) is 0 Å².